The van der Waals surface area contributed by atoms with E-state index in [1.165, 1.54) is 12.0 Å². The zero-order valence-electron chi connectivity index (χ0n) is 19.7. The molecule has 2 aromatic rings. The maximum Gasteiger partial charge on any atom is 0.244 e. The SMILES string of the molecule is CCNC(=O)C(CC)N(CCc1ccccc1)C(=O)CN(c1cccc(OC)c1)S(C)(=O)=O. The molecule has 0 spiro atoms. The van der Waals surface area contributed by atoms with Crippen molar-refractivity contribution in [2.45, 2.75) is 32.7 Å². The summed E-state index contributed by atoms with van der Waals surface area (Å²) in [6.07, 6.45) is 2.00. The quantitative estimate of drug-likeness (QED) is 0.509. The van der Waals surface area contributed by atoms with E-state index in [9.17, 15) is 18.0 Å². The highest BCUT2D eigenvalue weighted by atomic mass is 32.2. The lowest BCUT2D eigenvalue weighted by Crippen LogP contribution is -2.53. The third-order valence-corrected chi connectivity index (χ3v) is 6.38. The fourth-order valence-electron chi connectivity index (χ4n) is 3.57. The van der Waals surface area contributed by atoms with Gasteiger partial charge in [-0.25, -0.2) is 8.42 Å². The van der Waals surface area contributed by atoms with Crippen molar-refractivity contribution in [3.8, 4) is 5.75 Å². The van der Waals surface area contributed by atoms with Crippen molar-refractivity contribution in [2.24, 2.45) is 0 Å². The number of ether oxygens (including phenoxy) is 1. The first kappa shape index (κ1) is 26.2. The van der Waals surface area contributed by atoms with Gasteiger partial charge in [0.2, 0.25) is 21.8 Å². The van der Waals surface area contributed by atoms with Crippen molar-refractivity contribution >= 4 is 27.5 Å². The number of anilines is 1. The van der Waals surface area contributed by atoms with Crippen LogP contribution in [-0.2, 0) is 26.0 Å². The molecule has 0 bridgehead atoms. The highest BCUT2D eigenvalue weighted by Crippen LogP contribution is 2.23. The Hall–Kier alpha value is -3.07. The number of benzene rings is 2. The van der Waals surface area contributed by atoms with Crippen molar-refractivity contribution in [2.75, 3.05) is 37.3 Å². The number of methoxy groups -OCH3 is 1. The van der Waals surface area contributed by atoms with Crippen molar-refractivity contribution in [3.05, 3.63) is 60.2 Å². The maximum atomic E-state index is 13.5. The van der Waals surface area contributed by atoms with Gasteiger partial charge in [-0.05, 0) is 37.5 Å². The van der Waals surface area contributed by atoms with Crippen molar-refractivity contribution in [1.82, 2.24) is 10.2 Å². The molecule has 33 heavy (non-hydrogen) atoms. The van der Waals surface area contributed by atoms with Crippen LogP contribution in [0.4, 0.5) is 5.69 Å². The number of nitrogens with one attached hydrogen (secondary N) is 1. The van der Waals surface area contributed by atoms with Crippen molar-refractivity contribution < 1.29 is 22.7 Å². The molecule has 9 heteroatoms. The van der Waals surface area contributed by atoms with Crippen LogP contribution in [-0.4, -0.2) is 64.2 Å². The summed E-state index contributed by atoms with van der Waals surface area (Å²) in [6.45, 7) is 3.95. The number of carbonyl (C=O) groups is 2. The molecule has 1 unspecified atom stereocenters. The van der Waals surface area contributed by atoms with E-state index < -0.39 is 28.5 Å². The Balaban J connectivity index is 2.35. The predicted molar refractivity (Wildman–Crippen MR) is 130 cm³/mol. The Morgan fingerprint density at radius 3 is 2.33 bits per heavy atom. The zero-order valence-corrected chi connectivity index (χ0v) is 20.5. The smallest absolute Gasteiger partial charge is 0.244 e. The minimum atomic E-state index is -3.77. The minimum absolute atomic E-state index is 0.256. The molecular weight excluding hydrogens is 442 g/mol. The van der Waals surface area contributed by atoms with Crippen molar-refractivity contribution in [1.29, 1.82) is 0 Å². The van der Waals surface area contributed by atoms with Crippen LogP contribution in [0.3, 0.4) is 0 Å². The number of hydrogen-bond donors (Lipinski definition) is 1. The van der Waals surface area contributed by atoms with E-state index in [0.29, 0.717) is 30.8 Å². The minimum Gasteiger partial charge on any atom is -0.497 e. The zero-order chi connectivity index (χ0) is 24.4. The van der Waals surface area contributed by atoms with Crippen LogP contribution in [0, 0.1) is 0 Å². The summed E-state index contributed by atoms with van der Waals surface area (Å²) in [5.41, 5.74) is 1.34. The van der Waals surface area contributed by atoms with Gasteiger partial charge in [0, 0.05) is 19.2 Å². The molecule has 0 heterocycles. The molecule has 1 N–H and O–H groups in total. The lowest BCUT2D eigenvalue weighted by atomic mass is 10.1. The average Bonchev–Trinajstić information content (AvgIpc) is 2.80. The van der Waals surface area contributed by atoms with Gasteiger partial charge in [0.25, 0.3) is 0 Å². The van der Waals surface area contributed by atoms with Gasteiger partial charge in [0.15, 0.2) is 0 Å². The molecule has 0 aliphatic heterocycles. The van der Waals surface area contributed by atoms with Gasteiger partial charge in [-0.1, -0.05) is 43.3 Å². The fourth-order valence-corrected chi connectivity index (χ4v) is 4.41. The van der Waals surface area contributed by atoms with Gasteiger partial charge in [-0.2, -0.15) is 0 Å². The van der Waals surface area contributed by atoms with Gasteiger partial charge >= 0.3 is 0 Å². The number of nitrogens with zero attached hydrogens (tertiary/aromatic N) is 2. The molecule has 0 aliphatic carbocycles. The molecule has 0 saturated heterocycles. The number of likely N-dealkylation sites (N-methyl/N-ethyl adjacent to an activating group) is 1. The van der Waals surface area contributed by atoms with Gasteiger partial charge in [-0.3, -0.25) is 13.9 Å². The van der Waals surface area contributed by atoms with E-state index in [1.807, 2.05) is 44.2 Å². The number of carbonyl (C=O) groups excluding carboxylic acids is 2. The van der Waals surface area contributed by atoms with Crippen LogP contribution >= 0.6 is 0 Å². The summed E-state index contributed by atoms with van der Waals surface area (Å²) in [4.78, 5) is 27.7. The van der Waals surface area contributed by atoms with Crippen LogP contribution in [0.2, 0.25) is 0 Å². The fraction of sp³-hybridized carbons (Fsp3) is 0.417. The van der Waals surface area contributed by atoms with Crippen molar-refractivity contribution in [3.63, 3.8) is 0 Å². The van der Waals surface area contributed by atoms with E-state index in [-0.39, 0.29) is 12.5 Å². The molecule has 0 fully saturated rings. The van der Waals surface area contributed by atoms with Gasteiger partial charge < -0.3 is 15.0 Å². The topological polar surface area (TPSA) is 96.0 Å². The van der Waals surface area contributed by atoms with Gasteiger partial charge in [0.05, 0.1) is 19.1 Å². The monoisotopic (exact) mass is 475 g/mol. The number of sulfonamides is 1. The van der Waals surface area contributed by atoms with E-state index in [2.05, 4.69) is 5.32 Å². The third kappa shape index (κ3) is 7.49. The largest absolute Gasteiger partial charge is 0.497 e. The normalized spacial score (nSPS) is 12.0. The predicted octanol–water partition coefficient (Wildman–Crippen LogP) is 2.45. The molecule has 1 atom stereocenters. The third-order valence-electron chi connectivity index (χ3n) is 5.24. The second-order valence-corrected chi connectivity index (χ2v) is 9.52. The van der Waals surface area contributed by atoms with E-state index in [0.717, 1.165) is 16.1 Å². The number of hydrogen-bond acceptors (Lipinski definition) is 5. The molecule has 0 aromatic heterocycles. The number of rotatable bonds is 12. The first-order valence-corrected chi connectivity index (χ1v) is 12.8. The molecule has 2 aromatic carbocycles. The van der Waals surface area contributed by atoms with E-state index in [1.54, 1.807) is 24.3 Å². The molecule has 2 rings (SSSR count). The highest BCUT2D eigenvalue weighted by Gasteiger charge is 2.31. The van der Waals surface area contributed by atoms with Crippen LogP contribution in [0.5, 0.6) is 5.75 Å². The Labute approximate surface area is 196 Å². The molecule has 8 nitrogen and oxygen atoms in total. The van der Waals surface area contributed by atoms with Crippen LogP contribution in [0.25, 0.3) is 0 Å². The lowest BCUT2D eigenvalue weighted by Gasteiger charge is -2.32. The Morgan fingerprint density at radius 1 is 1.06 bits per heavy atom. The van der Waals surface area contributed by atoms with Gasteiger partial charge in [0.1, 0.15) is 18.3 Å². The molecule has 0 radical (unpaired) electrons. The lowest BCUT2D eigenvalue weighted by molar-refractivity contribution is -0.139. The average molecular weight is 476 g/mol. The molecule has 0 saturated carbocycles. The Kier molecular flexibility index (Phi) is 9.72. The summed E-state index contributed by atoms with van der Waals surface area (Å²) in [5, 5.41) is 2.78. The summed E-state index contributed by atoms with van der Waals surface area (Å²) in [6, 6.07) is 15.5. The number of amides is 2. The summed E-state index contributed by atoms with van der Waals surface area (Å²) >= 11 is 0. The first-order chi connectivity index (χ1) is 15.7. The Morgan fingerprint density at radius 2 is 1.76 bits per heavy atom. The Bertz CT molecular complexity index is 1030. The standard InChI is InChI=1S/C24H33N3O5S/c1-5-22(24(29)25-6-2)26(16-15-19-11-8-7-9-12-19)23(28)18-27(33(4,30)31)20-13-10-14-21(17-20)32-3/h7-14,17,22H,5-6,15-16,18H2,1-4H3,(H,25,29). The molecular formula is C24H33N3O5S. The second kappa shape index (κ2) is 12.2. The first-order valence-electron chi connectivity index (χ1n) is 10.9. The van der Waals surface area contributed by atoms with E-state index in [4.69, 9.17) is 4.74 Å². The summed E-state index contributed by atoms with van der Waals surface area (Å²) in [7, 11) is -2.29. The highest BCUT2D eigenvalue weighted by molar-refractivity contribution is 7.92. The van der Waals surface area contributed by atoms with E-state index >= 15 is 0 Å². The second-order valence-electron chi connectivity index (χ2n) is 7.61. The van der Waals surface area contributed by atoms with Crippen LogP contribution in [0.1, 0.15) is 25.8 Å². The summed E-state index contributed by atoms with van der Waals surface area (Å²) in [5.74, 6) is -0.228. The molecule has 180 valence electrons. The molecule has 0 aliphatic rings. The van der Waals surface area contributed by atoms with Crippen LogP contribution < -0.4 is 14.4 Å². The maximum absolute atomic E-state index is 13.5. The van der Waals surface area contributed by atoms with Crippen LogP contribution in [0.15, 0.2) is 54.6 Å². The summed E-state index contributed by atoms with van der Waals surface area (Å²) < 4.78 is 31.4. The molecule has 2 amide bonds. The van der Waals surface area contributed by atoms with Gasteiger partial charge in [-0.15, -0.1) is 0 Å².